The average molecular weight is 1020 g/mol. The van der Waals surface area contributed by atoms with Gasteiger partial charge in [0, 0.05) is 51.6 Å². The minimum Gasteiger partial charge on any atom is -0.505 e. The number of hydrogen-bond acceptors (Lipinski definition) is 18. The molecule has 362 valence electrons. The average Bonchev–Trinajstić information content (AvgIpc) is 3.34. The van der Waals surface area contributed by atoms with Crippen LogP contribution in [0.4, 0.5) is 56.9 Å². The molecule has 8 aromatic carbocycles. The molecule has 0 saturated carbocycles. The van der Waals surface area contributed by atoms with Crippen LogP contribution in [0.5, 0.6) is 23.0 Å². The Morgan fingerprint density at radius 3 is 1.10 bits per heavy atom. The summed E-state index contributed by atoms with van der Waals surface area (Å²) in [5.74, 6) is -4.23. The van der Waals surface area contributed by atoms with Crippen LogP contribution in [-0.2, 0) is 17.4 Å². The van der Waals surface area contributed by atoms with E-state index in [4.69, 9.17) is 0 Å². The summed E-state index contributed by atoms with van der Waals surface area (Å²) in [4.78, 5) is 66.7. The SMILES string of the molecule is O=C(Nc1ccccc1)c1cc2ccccc2c(N=Nc2cc([N+](=O)[O-])cc([N+](=O)[O-])c2O)c1O.O=C(Nc1ccccc1)c1cc2ccccc2c(N=Nc2cc([N+](=O)[O-])cc([N+](=O)[O-])c2O)c1O.[Cr].[NH4+]. The van der Waals surface area contributed by atoms with Crippen molar-refractivity contribution in [1.29, 1.82) is 0 Å². The normalized spacial score (nSPS) is 10.7. The molecule has 0 aliphatic carbocycles. The molecule has 25 nitrogen and oxygen atoms in total. The predicted molar refractivity (Wildman–Crippen MR) is 257 cm³/mol. The molecule has 0 saturated heterocycles. The third-order valence-corrected chi connectivity index (χ3v) is 9.98. The molecule has 72 heavy (non-hydrogen) atoms. The molecule has 0 radical (unpaired) electrons. The van der Waals surface area contributed by atoms with Crippen molar-refractivity contribution in [3.05, 3.63) is 197 Å². The number of nitrogens with one attached hydrogen (secondary N) is 2. The van der Waals surface area contributed by atoms with Crippen LogP contribution in [0.1, 0.15) is 20.7 Å². The van der Waals surface area contributed by atoms with Crippen molar-refractivity contribution >= 4 is 90.2 Å². The van der Waals surface area contributed by atoms with E-state index in [2.05, 4.69) is 31.1 Å². The summed E-state index contributed by atoms with van der Waals surface area (Å²) in [7, 11) is 0. The van der Waals surface area contributed by atoms with E-state index < -0.39 is 88.6 Å². The number of carbonyl (C=O) groups is 2. The number of para-hydroxylation sites is 2. The van der Waals surface area contributed by atoms with E-state index in [0.717, 1.165) is 12.1 Å². The zero-order valence-corrected chi connectivity index (χ0v) is 38.0. The monoisotopic (exact) mass is 1020 g/mol. The van der Waals surface area contributed by atoms with Crippen molar-refractivity contribution in [3.63, 3.8) is 0 Å². The van der Waals surface area contributed by atoms with Crippen molar-refractivity contribution in [2.75, 3.05) is 10.6 Å². The van der Waals surface area contributed by atoms with Gasteiger partial charge in [-0.3, -0.25) is 50.0 Å². The largest absolute Gasteiger partial charge is 0.505 e. The number of anilines is 2. The fourth-order valence-electron chi connectivity index (χ4n) is 6.65. The first-order valence-corrected chi connectivity index (χ1v) is 19.9. The Morgan fingerprint density at radius 1 is 0.431 bits per heavy atom. The molecule has 2 amide bonds. The smallest absolute Gasteiger partial charge is 0.319 e. The first-order valence-electron chi connectivity index (χ1n) is 19.9. The Labute approximate surface area is 413 Å². The standard InChI is InChI=1S/2C23H15N5O7.Cr.H3N/c2*29-21-17(23(31)24-14-7-2-1-3-8-14)10-13-6-4-5-9-16(13)20(21)26-25-18-11-15(27(32)33)12-19(22(18)30)28(34)35;;/h2*1-12,29-30H,(H,24,31);;1H3/p+1. The number of azo groups is 2. The van der Waals surface area contributed by atoms with Crippen LogP contribution in [0.15, 0.2) is 166 Å². The summed E-state index contributed by atoms with van der Waals surface area (Å²) in [5.41, 5.74) is -3.99. The molecule has 0 spiro atoms. The van der Waals surface area contributed by atoms with Gasteiger partial charge in [0.25, 0.3) is 23.2 Å². The summed E-state index contributed by atoms with van der Waals surface area (Å²) in [6.07, 6.45) is 0. The quantitative estimate of drug-likeness (QED) is 0.0340. The number of rotatable bonds is 12. The van der Waals surface area contributed by atoms with E-state index in [1.54, 1.807) is 109 Å². The van der Waals surface area contributed by atoms with Gasteiger partial charge in [-0.2, -0.15) is 0 Å². The molecule has 26 heteroatoms. The van der Waals surface area contributed by atoms with Crippen molar-refractivity contribution in [3.8, 4) is 23.0 Å². The third kappa shape index (κ3) is 11.5. The first-order chi connectivity index (χ1) is 33.5. The molecule has 0 aliphatic rings. The minimum absolute atomic E-state index is 0. The van der Waals surface area contributed by atoms with Crippen LogP contribution >= 0.6 is 0 Å². The number of non-ortho nitro benzene ring substituents is 2. The summed E-state index contributed by atoms with van der Waals surface area (Å²) in [6, 6.07) is 36.0. The van der Waals surface area contributed by atoms with Gasteiger partial charge in [-0.05, 0) is 47.2 Å². The number of phenols is 4. The predicted octanol–water partition coefficient (Wildman–Crippen LogP) is 11.8. The van der Waals surface area contributed by atoms with Gasteiger partial charge in [0.15, 0.2) is 11.5 Å². The maximum absolute atomic E-state index is 12.9. The number of fused-ring (bicyclic) bond motifs is 2. The molecule has 0 unspecified atom stereocenters. The van der Waals surface area contributed by atoms with Crippen LogP contribution < -0.4 is 16.8 Å². The van der Waals surface area contributed by atoms with E-state index >= 15 is 0 Å². The summed E-state index contributed by atoms with van der Waals surface area (Å²) < 4.78 is 0. The van der Waals surface area contributed by atoms with Crippen LogP contribution in [-0.4, -0.2) is 51.9 Å². The van der Waals surface area contributed by atoms with Crippen LogP contribution in [0.25, 0.3) is 21.5 Å². The first kappa shape index (κ1) is 52.7. The molecule has 0 aliphatic heterocycles. The molecule has 8 rings (SSSR count). The molecule has 0 heterocycles. The Kier molecular flexibility index (Phi) is 16.6. The third-order valence-electron chi connectivity index (χ3n) is 9.98. The van der Waals surface area contributed by atoms with E-state index in [0.29, 0.717) is 45.1 Å². The Morgan fingerprint density at radius 2 is 0.764 bits per heavy atom. The van der Waals surface area contributed by atoms with Crippen molar-refractivity contribution < 1.29 is 67.1 Å². The van der Waals surface area contributed by atoms with Gasteiger partial charge in [-0.15, -0.1) is 20.5 Å². The molecule has 10 N–H and O–H groups in total. The fraction of sp³-hybridized carbons (Fsp3) is 0. The molecule has 0 aromatic heterocycles. The van der Waals surface area contributed by atoms with E-state index in [9.17, 15) is 70.5 Å². The van der Waals surface area contributed by atoms with Crippen LogP contribution in [0.2, 0.25) is 0 Å². The number of carbonyl (C=O) groups excluding carboxylic acids is 2. The maximum Gasteiger partial charge on any atom is 0.319 e. The van der Waals surface area contributed by atoms with E-state index in [-0.39, 0.29) is 46.0 Å². The number of aromatic hydroxyl groups is 4. The van der Waals surface area contributed by atoms with Gasteiger partial charge in [0.05, 0.1) is 43.0 Å². The molecule has 0 fully saturated rings. The summed E-state index contributed by atoms with van der Waals surface area (Å²) in [6.45, 7) is 0. The second-order valence-electron chi connectivity index (χ2n) is 14.4. The second kappa shape index (κ2) is 22.7. The van der Waals surface area contributed by atoms with E-state index in [1.807, 2.05) is 0 Å². The Bertz CT molecular complexity index is 3280. The van der Waals surface area contributed by atoms with Crippen molar-refractivity contribution in [2.24, 2.45) is 20.5 Å². The second-order valence-corrected chi connectivity index (χ2v) is 14.4. The number of nitro benzene ring substituents is 4. The minimum atomic E-state index is -0.997. The number of hydrogen-bond donors (Lipinski definition) is 7. The summed E-state index contributed by atoms with van der Waals surface area (Å²) >= 11 is 0. The maximum atomic E-state index is 12.9. The Balaban J connectivity index is 0.000000260. The van der Waals surface area contributed by atoms with Crippen LogP contribution in [0.3, 0.4) is 0 Å². The van der Waals surface area contributed by atoms with Gasteiger partial charge in [0.1, 0.15) is 22.7 Å². The summed E-state index contributed by atoms with van der Waals surface area (Å²) in [5, 5.41) is 109. The number of nitro groups is 4. The number of quaternary nitrogens is 1. The zero-order chi connectivity index (χ0) is 50.2. The topological polar surface area (TPSA) is 398 Å². The van der Waals surface area contributed by atoms with Gasteiger partial charge in [-0.25, -0.2) is 0 Å². The molecule has 0 atom stereocenters. The molecular formula is C46H34CrN11O14+. The van der Waals surface area contributed by atoms with Gasteiger partial charge >= 0.3 is 11.4 Å². The number of nitrogens with zero attached hydrogens (tertiary/aromatic N) is 8. The van der Waals surface area contributed by atoms with Crippen LogP contribution in [0, 0.1) is 40.5 Å². The van der Waals surface area contributed by atoms with Gasteiger partial charge in [0.2, 0.25) is 11.5 Å². The molecular weight excluding hydrogens is 983 g/mol. The fourth-order valence-corrected chi connectivity index (χ4v) is 6.65. The number of amides is 2. The molecule has 8 aromatic rings. The van der Waals surface area contributed by atoms with Crippen molar-refractivity contribution in [2.45, 2.75) is 0 Å². The van der Waals surface area contributed by atoms with Gasteiger partial charge in [-0.1, -0.05) is 84.9 Å². The van der Waals surface area contributed by atoms with E-state index in [1.165, 1.54) is 12.1 Å². The number of benzene rings is 8. The zero-order valence-electron chi connectivity index (χ0n) is 36.7. The van der Waals surface area contributed by atoms with Crippen molar-refractivity contribution in [1.82, 2.24) is 6.15 Å². The Hall–Kier alpha value is -10.3. The van der Waals surface area contributed by atoms with Gasteiger partial charge < -0.3 is 37.2 Å². The molecule has 0 bridgehead atoms. The number of phenolic OH excluding ortho intramolecular Hbond substituents is 4.